The Kier molecular flexibility index (Phi) is 2.66. The van der Waals surface area contributed by atoms with Crippen molar-refractivity contribution in [2.45, 2.75) is 52.0 Å². The standard InChI is InChI=1S/C15H21N3O2/c1-9-17-13(20-18-9)8-16-14(19)15-5-10-2-11(6-15)4-12(3-10)7-15/h10-12H,2-8H2,1H3,(H,16,19). The Bertz CT molecular complexity index is 502. The molecule has 1 aromatic rings. The van der Waals surface area contributed by atoms with Crippen molar-refractivity contribution in [3.8, 4) is 0 Å². The molecule has 4 fully saturated rings. The molecule has 0 radical (unpaired) electrons. The largest absolute Gasteiger partial charge is 0.347 e. The van der Waals surface area contributed by atoms with Gasteiger partial charge in [0.2, 0.25) is 11.8 Å². The molecule has 5 heteroatoms. The van der Waals surface area contributed by atoms with Gasteiger partial charge in [0.15, 0.2) is 5.82 Å². The highest BCUT2D eigenvalue weighted by Gasteiger charge is 2.54. The zero-order valence-corrected chi connectivity index (χ0v) is 11.9. The molecular weight excluding hydrogens is 254 g/mol. The molecule has 4 aliphatic rings. The van der Waals surface area contributed by atoms with E-state index in [-0.39, 0.29) is 11.3 Å². The van der Waals surface area contributed by atoms with Gasteiger partial charge in [-0.25, -0.2) is 0 Å². The smallest absolute Gasteiger partial charge is 0.246 e. The van der Waals surface area contributed by atoms with Gasteiger partial charge in [0.1, 0.15) is 0 Å². The average molecular weight is 275 g/mol. The number of carbonyl (C=O) groups is 1. The first-order valence-electron chi connectivity index (χ1n) is 7.70. The number of aryl methyl sites for hydroxylation is 1. The van der Waals surface area contributed by atoms with Gasteiger partial charge in [-0.1, -0.05) is 5.16 Å². The Balaban J connectivity index is 1.45. The van der Waals surface area contributed by atoms with Gasteiger partial charge >= 0.3 is 0 Å². The van der Waals surface area contributed by atoms with Gasteiger partial charge in [-0.05, 0) is 63.2 Å². The lowest BCUT2D eigenvalue weighted by molar-refractivity contribution is -0.146. The molecule has 20 heavy (non-hydrogen) atoms. The number of carbonyl (C=O) groups excluding carboxylic acids is 1. The van der Waals surface area contributed by atoms with Crippen LogP contribution in [-0.4, -0.2) is 16.0 Å². The van der Waals surface area contributed by atoms with E-state index in [1.165, 1.54) is 19.3 Å². The van der Waals surface area contributed by atoms with E-state index in [0.717, 1.165) is 37.0 Å². The summed E-state index contributed by atoms with van der Waals surface area (Å²) in [6, 6.07) is 0. The first kappa shape index (κ1) is 12.4. The van der Waals surface area contributed by atoms with Crippen LogP contribution < -0.4 is 5.32 Å². The average Bonchev–Trinajstić information content (AvgIpc) is 2.80. The minimum absolute atomic E-state index is 0.0934. The predicted octanol–water partition coefficient (Wildman–Crippen LogP) is 2.21. The Morgan fingerprint density at radius 3 is 2.35 bits per heavy atom. The second-order valence-electron chi connectivity index (χ2n) is 7.12. The second-order valence-corrected chi connectivity index (χ2v) is 7.12. The van der Waals surface area contributed by atoms with E-state index >= 15 is 0 Å². The summed E-state index contributed by atoms with van der Waals surface area (Å²) in [7, 11) is 0. The highest BCUT2D eigenvalue weighted by atomic mass is 16.5. The van der Waals surface area contributed by atoms with Crippen molar-refractivity contribution in [2.75, 3.05) is 0 Å². The Hall–Kier alpha value is -1.39. The van der Waals surface area contributed by atoms with Crippen LogP contribution in [0.3, 0.4) is 0 Å². The number of hydrogen-bond acceptors (Lipinski definition) is 4. The van der Waals surface area contributed by atoms with E-state index in [4.69, 9.17) is 4.52 Å². The van der Waals surface area contributed by atoms with Crippen LogP contribution in [0.5, 0.6) is 0 Å². The van der Waals surface area contributed by atoms with Crippen molar-refractivity contribution in [1.29, 1.82) is 0 Å². The molecule has 0 saturated heterocycles. The van der Waals surface area contributed by atoms with E-state index in [1.54, 1.807) is 6.92 Å². The van der Waals surface area contributed by atoms with Crippen LogP contribution in [0.15, 0.2) is 4.52 Å². The number of amides is 1. The molecule has 0 aromatic carbocycles. The third-order valence-electron chi connectivity index (χ3n) is 5.49. The van der Waals surface area contributed by atoms with Crippen LogP contribution in [0.1, 0.15) is 50.2 Å². The minimum Gasteiger partial charge on any atom is -0.347 e. The lowest BCUT2D eigenvalue weighted by atomic mass is 9.49. The molecular formula is C15H21N3O2. The topological polar surface area (TPSA) is 68.0 Å². The second kappa shape index (κ2) is 4.30. The maximum absolute atomic E-state index is 12.7. The van der Waals surface area contributed by atoms with Crippen LogP contribution in [0, 0.1) is 30.1 Å². The molecule has 1 N–H and O–H groups in total. The van der Waals surface area contributed by atoms with Crippen LogP contribution in [0.25, 0.3) is 0 Å². The third kappa shape index (κ3) is 1.95. The molecule has 4 aliphatic carbocycles. The molecule has 4 bridgehead atoms. The van der Waals surface area contributed by atoms with Crippen molar-refractivity contribution in [1.82, 2.24) is 15.5 Å². The first-order valence-corrected chi connectivity index (χ1v) is 7.70. The highest BCUT2D eigenvalue weighted by Crippen LogP contribution is 2.60. The summed E-state index contributed by atoms with van der Waals surface area (Å²) in [6.45, 7) is 2.15. The van der Waals surface area contributed by atoms with Crippen molar-refractivity contribution in [2.24, 2.45) is 23.2 Å². The van der Waals surface area contributed by atoms with E-state index in [1.807, 2.05) is 0 Å². The molecule has 0 atom stereocenters. The summed E-state index contributed by atoms with van der Waals surface area (Å²) >= 11 is 0. The molecule has 0 aliphatic heterocycles. The van der Waals surface area contributed by atoms with Crippen molar-refractivity contribution in [3.63, 3.8) is 0 Å². The van der Waals surface area contributed by atoms with Crippen molar-refractivity contribution in [3.05, 3.63) is 11.7 Å². The molecule has 1 aromatic heterocycles. The lowest BCUT2D eigenvalue weighted by Crippen LogP contribution is -2.53. The van der Waals surface area contributed by atoms with Gasteiger partial charge in [-0.3, -0.25) is 4.79 Å². The van der Waals surface area contributed by atoms with E-state index in [2.05, 4.69) is 15.5 Å². The quantitative estimate of drug-likeness (QED) is 0.918. The van der Waals surface area contributed by atoms with Gasteiger partial charge in [0.05, 0.1) is 6.54 Å². The van der Waals surface area contributed by atoms with Gasteiger partial charge in [0.25, 0.3) is 0 Å². The molecule has 0 spiro atoms. The summed E-state index contributed by atoms with van der Waals surface area (Å²) in [5.74, 6) is 3.70. The maximum Gasteiger partial charge on any atom is 0.246 e. The Labute approximate surface area is 118 Å². The predicted molar refractivity (Wildman–Crippen MR) is 71.5 cm³/mol. The van der Waals surface area contributed by atoms with Crippen molar-refractivity contribution >= 4 is 5.91 Å². The number of rotatable bonds is 3. The summed E-state index contributed by atoms with van der Waals surface area (Å²) in [4.78, 5) is 16.8. The van der Waals surface area contributed by atoms with Crippen LogP contribution in [0.4, 0.5) is 0 Å². The summed E-state index contributed by atoms with van der Waals surface area (Å²) in [6.07, 6.45) is 7.34. The Morgan fingerprint density at radius 2 is 1.85 bits per heavy atom. The number of aromatic nitrogens is 2. The van der Waals surface area contributed by atoms with Gasteiger partial charge < -0.3 is 9.84 Å². The number of hydrogen-bond donors (Lipinski definition) is 1. The minimum atomic E-state index is -0.0934. The Morgan fingerprint density at radius 1 is 1.25 bits per heavy atom. The molecule has 5 rings (SSSR count). The first-order chi connectivity index (χ1) is 9.63. The van der Waals surface area contributed by atoms with Gasteiger partial charge in [0, 0.05) is 5.41 Å². The molecule has 1 heterocycles. The monoisotopic (exact) mass is 275 g/mol. The summed E-state index contributed by atoms with van der Waals surface area (Å²) < 4.78 is 5.06. The SMILES string of the molecule is Cc1noc(CNC(=O)C23CC4CC(CC(C4)C2)C3)n1. The number of nitrogens with zero attached hydrogens (tertiary/aromatic N) is 2. The van der Waals surface area contributed by atoms with Crippen LogP contribution in [-0.2, 0) is 11.3 Å². The molecule has 0 unspecified atom stereocenters. The van der Waals surface area contributed by atoms with Crippen LogP contribution in [0.2, 0.25) is 0 Å². The summed E-state index contributed by atoms with van der Waals surface area (Å²) in [5.41, 5.74) is -0.0934. The molecule has 5 nitrogen and oxygen atoms in total. The zero-order chi connectivity index (χ0) is 13.7. The number of nitrogens with one attached hydrogen (secondary N) is 1. The van der Waals surface area contributed by atoms with Gasteiger partial charge in [-0.15, -0.1) is 0 Å². The fourth-order valence-electron chi connectivity index (χ4n) is 5.14. The van der Waals surface area contributed by atoms with Crippen LogP contribution >= 0.6 is 0 Å². The third-order valence-corrected chi connectivity index (χ3v) is 5.49. The van der Waals surface area contributed by atoms with Gasteiger partial charge in [-0.2, -0.15) is 4.98 Å². The van der Waals surface area contributed by atoms with Crippen molar-refractivity contribution < 1.29 is 9.32 Å². The molecule has 4 saturated carbocycles. The van der Waals surface area contributed by atoms with E-state index in [0.29, 0.717) is 18.3 Å². The highest BCUT2D eigenvalue weighted by molar-refractivity contribution is 5.83. The summed E-state index contributed by atoms with van der Waals surface area (Å²) in [5, 5.41) is 6.78. The molecule has 1 amide bonds. The van der Waals surface area contributed by atoms with E-state index < -0.39 is 0 Å². The fourth-order valence-corrected chi connectivity index (χ4v) is 5.14. The zero-order valence-electron chi connectivity index (χ0n) is 11.9. The maximum atomic E-state index is 12.7. The molecule has 108 valence electrons. The lowest BCUT2D eigenvalue weighted by Gasteiger charge is -2.55. The van der Waals surface area contributed by atoms with E-state index in [9.17, 15) is 4.79 Å². The fraction of sp³-hybridized carbons (Fsp3) is 0.800. The normalized spacial score (nSPS) is 38.1.